The Morgan fingerprint density at radius 2 is 1.87 bits per heavy atom. The van der Waals surface area contributed by atoms with Crippen molar-refractivity contribution in [2.24, 2.45) is 5.92 Å². The van der Waals surface area contributed by atoms with Gasteiger partial charge < -0.3 is 10.2 Å². The summed E-state index contributed by atoms with van der Waals surface area (Å²) >= 11 is 0. The van der Waals surface area contributed by atoms with Crippen molar-refractivity contribution in [3.8, 4) is 0 Å². The maximum absolute atomic E-state index is 13.0. The highest BCUT2D eigenvalue weighted by atomic mass is 32.2. The predicted molar refractivity (Wildman–Crippen MR) is 120 cm³/mol. The van der Waals surface area contributed by atoms with Crippen molar-refractivity contribution < 1.29 is 18.0 Å². The van der Waals surface area contributed by atoms with Gasteiger partial charge in [0.1, 0.15) is 0 Å². The van der Waals surface area contributed by atoms with Gasteiger partial charge in [0.05, 0.1) is 10.6 Å². The average Bonchev–Trinajstić information content (AvgIpc) is 2.79. The van der Waals surface area contributed by atoms with Gasteiger partial charge in [0.15, 0.2) is 0 Å². The molecule has 0 bridgehead atoms. The molecule has 31 heavy (non-hydrogen) atoms. The van der Waals surface area contributed by atoms with Crippen molar-refractivity contribution in [2.45, 2.75) is 31.1 Å². The highest BCUT2D eigenvalue weighted by Gasteiger charge is 2.23. The largest absolute Gasteiger partial charge is 0.352 e. The predicted octanol–water partition coefficient (Wildman–Crippen LogP) is 2.89. The van der Waals surface area contributed by atoms with Crippen LogP contribution < -0.4 is 9.62 Å². The Morgan fingerprint density at radius 3 is 2.58 bits per heavy atom. The molecular formula is C23H29N3O4S. The molecule has 1 fully saturated rings. The van der Waals surface area contributed by atoms with Gasteiger partial charge in [-0.25, -0.2) is 8.42 Å². The summed E-state index contributed by atoms with van der Waals surface area (Å²) < 4.78 is 27.1. The fraction of sp³-hybridized carbons (Fsp3) is 0.391. The number of carbonyl (C=O) groups excluding carboxylic acids is 2. The molecular weight excluding hydrogens is 414 g/mol. The number of nitrogens with one attached hydrogen (secondary N) is 1. The van der Waals surface area contributed by atoms with Crippen LogP contribution in [0.3, 0.4) is 0 Å². The number of likely N-dealkylation sites (tertiary alicyclic amines) is 1. The van der Waals surface area contributed by atoms with Crippen molar-refractivity contribution in [3.05, 3.63) is 60.2 Å². The normalized spacial score (nSPS) is 16.6. The fourth-order valence-corrected chi connectivity index (χ4v) is 4.93. The van der Waals surface area contributed by atoms with E-state index in [2.05, 4.69) is 12.2 Å². The molecule has 1 heterocycles. The van der Waals surface area contributed by atoms with Gasteiger partial charge in [0.25, 0.3) is 15.9 Å². The molecule has 0 radical (unpaired) electrons. The molecule has 7 nitrogen and oxygen atoms in total. The van der Waals surface area contributed by atoms with Crippen LogP contribution in [0.15, 0.2) is 59.5 Å². The molecule has 1 atom stereocenters. The average molecular weight is 444 g/mol. The Bertz CT molecular complexity index is 1020. The van der Waals surface area contributed by atoms with E-state index in [0.717, 1.165) is 25.9 Å². The van der Waals surface area contributed by atoms with E-state index in [1.165, 1.54) is 23.5 Å². The molecule has 1 saturated heterocycles. The molecule has 1 N–H and O–H groups in total. The smallest absolute Gasteiger partial charge is 0.264 e. The summed E-state index contributed by atoms with van der Waals surface area (Å²) in [5.74, 6) is 0.137. The SMILES string of the molecule is CC1CCCN(C(=O)CCNC(=O)c2cccc(S(=O)(=O)N(C)c3ccccc3)c2)C1. The van der Waals surface area contributed by atoms with Gasteiger partial charge in [-0.15, -0.1) is 0 Å². The fourth-order valence-electron chi connectivity index (χ4n) is 3.69. The zero-order chi connectivity index (χ0) is 22.4. The van der Waals surface area contributed by atoms with E-state index in [1.54, 1.807) is 36.4 Å². The minimum atomic E-state index is -3.81. The van der Waals surface area contributed by atoms with E-state index in [0.29, 0.717) is 11.6 Å². The number of hydrogen-bond donors (Lipinski definition) is 1. The second kappa shape index (κ2) is 9.96. The first-order valence-corrected chi connectivity index (χ1v) is 11.9. The summed E-state index contributed by atoms with van der Waals surface area (Å²) in [5.41, 5.74) is 0.768. The Labute approximate surface area is 184 Å². The summed E-state index contributed by atoms with van der Waals surface area (Å²) in [6.07, 6.45) is 2.38. The number of rotatable bonds is 7. The molecule has 2 aromatic rings. The van der Waals surface area contributed by atoms with Crippen molar-refractivity contribution in [1.29, 1.82) is 0 Å². The van der Waals surface area contributed by atoms with E-state index in [1.807, 2.05) is 11.0 Å². The van der Waals surface area contributed by atoms with E-state index in [9.17, 15) is 18.0 Å². The van der Waals surface area contributed by atoms with Crippen LogP contribution >= 0.6 is 0 Å². The number of nitrogens with zero attached hydrogens (tertiary/aromatic N) is 2. The van der Waals surface area contributed by atoms with E-state index in [4.69, 9.17) is 0 Å². The van der Waals surface area contributed by atoms with Gasteiger partial charge >= 0.3 is 0 Å². The topological polar surface area (TPSA) is 86.8 Å². The van der Waals surface area contributed by atoms with Crippen molar-refractivity contribution in [3.63, 3.8) is 0 Å². The lowest BCUT2D eigenvalue weighted by atomic mass is 10.00. The quantitative estimate of drug-likeness (QED) is 0.713. The third-order valence-corrected chi connectivity index (χ3v) is 7.29. The van der Waals surface area contributed by atoms with Crippen molar-refractivity contribution in [1.82, 2.24) is 10.2 Å². The number of benzene rings is 2. The summed E-state index contributed by atoms with van der Waals surface area (Å²) in [5, 5.41) is 2.72. The molecule has 166 valence electrons. The van der Waals surface area contributed by atoms with E-state index < -0.39 is 15.9 Å². The van der Waals surface area contributed by atoms with Gasteiger partial charge in [-0.3, -0.25) is 13.9 Å². The minimum Gasteiger partial charge on any atom is -0.352 e. The molecule has 0 spiro atoms. The first kappa shape index (κ1) is 22.8. The van der Waals surface area contributed by atoms with Crippen LogP contribution in [-0.4, -0.2) is 51.8 Å². The van der Waals surface area contributed by atoms with Crippen LogP contribution in [0.4, 0.5) is 5.69 Å². The van der Waals surface area contributed by atoms with Gasteiger partial charge in [-0.05, 0) is 49.1 Å². The number of carbonyl (C=O) groups is 2. The van der Waals surface area contributed by atoms with Crippen LogP contribution in [0.1, 0.15) is 36.5 Å². The first-order valence-electron chi connectivity index (χ1n) is 10.5. The minimum absolute atomic E-state index is 0.0323. The maximum atomic E-state index is 13.0. The lowest BCUT2D eigenvalue weighted by Gasteiger charge is -2.31. The second-order valence-corrected chi connectivity index (χ2v) is 9.90. The van der Waals surface area contributed by atoms with Crippen LogP contribution in [-0.2, 0) is 14.8 Å². The lowest BCUT2D eigenvalue weighted by molar-refractivity contribution is -0.132. The third-order valence-electron chi connectivity index (χ3n) is 5.51. The summed E-state index contributed by atoms with van der Waals surface area (Å²) in [4.78, 5) is 26.8. The molecule has 2 amide bonds. The standard InChI is InChI=1S/C23H29N3O4S/c1-18-8-7-15-26(17-18)22(27)13-14-24-23(28)19-9-6-12-21(16-19)31(29,30)25(2)20-10-4-3-5-11-20/h3-6,9-12,16,18H,7-8,13-15,17H2,1-2H3,(H,24,28). The van der Waals surface area contributed by atoms with Crippen LogP contribution in [0.25, 0.3) is 0 Å². The van der Waals surface area contributed by atoms with Crippen LogP contribution in [0, 0.1) is 5.92 Å². The van der Waals surface area contributed by atoms with Crippen LogP contribution in [0.2, 0.25) is 0 Å². The third kappa shape index (κ3) is 5.64. The molecule has 0 saturated carbocycles. The second-order valence-electron chi connectivity index (χ2n) is 7.93. The van der Waals surface area contributed by atoms with E-state index in [-0.39, 0.29) is 29.3 Å². The Balaban J connectivity index is 1.61. The molecule has 0 aliphatic carbocycles. The number of piperidine rings is 1. The van der Waals surface area contributed by atoms with Gasteiger partial charge in [0.2, 0.25) is 5.91 Å². The van der Waals surface area contributed by atoms with Gasteiger partial charge in [-0.1, -0.05) is 31.2 Å². The summed E-state index contributed by atoms with van der Waals surface area (Å²) in [6.45, 7) is 3.88. The van der Waals surface area contributed by atoms with Crippen molar-refractivity contribution in [2.75, 3.05) is 31.0 Å². The number of sulfonamides is 1. The molecule has 1 aliphatic rings. The van der Waals surface area contributed by atoms with E-state index >= 15 is 0 Å². The molecule has 0 aromatic heterocycles. The molecule has 1 unspecified atom stereocenters. The molecule has 1 aliphatic heterocycles. The Kier molecular flexibility index (Phi) is 7.33. The highest BCUT2D eigenvalue weighted by Crippen LogP contribution is 2.22. The van der Waals surface area contributed by atoms with Gasteiger partial charge in [-0.2, -0.15) is 0 Å². The summed E-state index contributed by atoms with van der Waals surface area (Å²) in [7, 11) is -2.33. The Hall–Kier alpha value is -2.87. The first-order chi connectivity index (χ1) is 14.8. The molecule has 8 heteroatoms. The Morgan fingerprint density at radius 1 is 1.13 bits per heavy atom. The van der Waals surface area contributed by atoms with Gasteiger partial charge in [0, 0.05) is 38.7 Å². The number of anilines is 1. The highest BCUT2D eigenvalue weighted by molar-refractivity contribution is 7.92. The lowest BCUT2D eigenvalue weighted by Crippen LogP contribution is -2.40. The van der Waals surface area contributed by atoms with Crippen molar-refractivity contribution >= 4 is 27.5 Å². The zero-order valence-electron chi connectivity index (χ0n) is 18.0. The zero-order valence-corrected chi connectivity index (χ0v) is 18.8. The monoisotopic (exact) mass is 443 g/mol. The summed E-state index contributed by atoms with van der Waals surface area (Å²) in [6, 6.07) is 14.7. The number of hydrogen-bond acceptors (Lipinski definition) is 4. The van der Waals surface area contributed by atoms with Crippen LogP contribution in [0.5, 0.6) is 0 Å². The number of amides is 2. The molecule has 2 aromatic carbocycles. The maximum Gasteiger partial charge on any atom is 0.264 e. The molecule has 3 rings (SSSR count). The number of para-hydroxylation sites is 1.